The van der Waals surface area contributed by atoms with Gasteiger partial charge in [-0.1, -0.05) is 37.6 Å². The molecule has 7 unspecified atom stereocenters. The van der Waals surface area contributed by atoms with Crippen molar-refractivity contribution >= 4 is 5.57 Å². The molecule has 2 saturated carbocycles. The SMILES string of the molecule is CC12CCC(O)CC1=CC(O)C1C2CCC2(C)C(c3cccnc3)=CCC12. The average Bonchev–Trinajstić information content (AvgIpc) is 3.01. The number of hydrogen-bond donors (Lipinski definition) is 2. The molecule has 3 heteroatoms. The Kier molecular flexibility index (Phi) is 3.93. The van der Waals surface area contributed by atoms with Crippen LogP contribution in [-0.4, -0.2) is 27.4 Å². The lowest BCUT2D eigenvalue weighted by atomic mass is 9.46. The molecule has 27 heavy (non-hydrogen) atoms. The summed E-state index contributed by atoms with van der Waals surface area (Å²) < 4.78 is 0. The zero-order chi connectivity index (χ0) is 18.8. The van der Waals surface area contributed by atoms with Crippen LogP contribution in [-0.2, 0) is 0 Å². The van der Waals surface area contributed by atoms with Crippen molar-refractivity contribution in [3.05, 3.63) is 47.8 Å². The summed E-state index contributed by atoms with van der Waals surface area (Å²) in [7, 11) is 0. The molecule has 4 aliphatic rings. The Hall–Kier alpha value is -1.45. The van der Waals surface area contributed by atoms with Crippen molar-refractivity contribution in [1.82, 2.24) is 4.98 Å². The molecule has 2 fully saturated rings. The van der Waals surface area contributed by atoms with Gasteiger partial charge in [-0.2, -0.15) is 0 Å². The van der Waals surface area contributed by atoms with Gasteiger partial charge in [0.15, 0.2) is 0 Å². The van der Waals surface area contributed by atoms with Gasteiger partial charge in [0.1, 0.15) is 0 Å². The third-order valence-corrected chi connectivity index (χ3v) is 8.66. The van der Waals surface area contributed by atoms with Crippen molar-refractivity contribution < 1.29 is 10.2 Å². The van der Waals surface area contributed by atoms with Crippen molar-refractivity contribution in [3.8, 4) is 0 Å². The highest BCUT2D eigenvalue weighted by Gasteiger charge is 2.59. The molecular formula is C24H31NO2. The first kappa shape index (κ1) is 17.6. The third-order valence-electron chi connectivity index (χ3n) is 8.66. The quantitative estimate of drug-likeness (QED) is 0.727. The summed E-state index contributed by atoms with van der Waals surface area (Å²) in [5, 5.41) is 21.3. The van der Waals surface area contributed by atoms with E-state index in [1.165, 1.54) is 23.1 Å². The van der Waals surface area contributed by atoms with Crippen LogP contribution < -0.4 is 0 Å². The lowest BCUT2D eigenvalue weighted by Crippen LogP contribution is -2.54. The highest BCUT2D eigenvalue weighted by Crippen LogP contribution is 2.66. The van der Waals surface area contributed by atoms with Gasteiger partial charge in [0.25, 0.3) is 0 Å². The Bertz CT molecular complexity index is 800. The molecule has 1 aromatic heterocycles. The molecular weight excluding hydrogens is 334 g/mol. The van der Waals surface area contributed by atoms with Gasteiger partial charge < -0.3 is 10.2 Å². The monoisotopic (exact) mass is 365 g/mol. The van der Waals surface area contributed by atoms with E-state index in [9.17, 15) is 10.2 Å². The standard InChI is InChI=1S/C24H31NO2/c1-23-9-7-17(26)12-16(23)13-21(27)22-19-6-5-18(15-4-3-11-25-14-15)24(19,2)10-8-20(22)23/h3-5,11,13-14,17,19-22,26-27H,6-10,12H2,1-2H3. The molecule has 3 nitrogen and oxygen atoms in total. The van der Waals surface area contributed by atoms with Gasteiger partial charge in [0.05, 0.1) is 12.2 Å². The average molecular weight is 366 g/mol. The maximum absolute atomic E-state index is 11.2. The highest BCUT2D eigenvalue weighted by atomic mass is 16.3. The maximum atomic E-state index is 11.2. The van der Waals surface area contributed by atoms with E-state index in [2.05, 4.69) is 37.0 Å². The second kappa shape index (κ2) is 6.02. The summed E-state index contributed by atoms with van der Waals surface area (Å²) in [6, 6.07) is 4.20. The van der Waals surface area contributed by atoms with Crippen molar-refractivity contribution in [2.75, 3.05) is 0 Å². The van der Waals surface area contributed by atoms with E-state index < -0.39 is 0 Å². The first-order chi connectivity index (χ1) is 12.9. The molecule has 0 spiro atoms. The third kappa shape index (κ3) is 2.44. The largest absolute Gasteiger partial charge is 0.393 e. The predicted octanol–water partition coefficient (Wildman–Crippen LogP) is 4.37. The Morgan fingerprint density at radius 3 is 2.67 bits per heavy atom. The highest BCUT2D eigenvalue weighted by molar-refractivity contribution is 5.72. The first-order valence-corrected chi connectivity index (χ1v) is 10.6. The smallest absolute Gasteiger partial charge is 0.0757 e. The Morgan fingerprint density at radius 2 is 1.89 bits per heavy atom. The molecule has 7 atom stereocenters. The van der Waals surface area contributed by atoms with E-state index in [0.29, 0.717) is 17.8 Å². The minimum Gasteiger partial charge on any atom is -0.393 e. The number of rotatable bonds is 1. The van der Waals surface area contributed by atoms with Crippen LogP contribution in [0.1, 0.15) is 57.9 Å². The fourth-order valence-electron chi connectivity index (χ4n) is 7.17. The molecule has 2 N–H and O–H groups in total. The zero-order valence-electron chi connectivity index (χ0n) is 16.4. The van der Waals surface area contributed by atoms with E-state index in [0.717, 1.165) is 32.1 Å². The van der Waals surface area contributed by atoms with Crippen molar-refractivity contribution in [2.24, 2.45) is 28.6 Å². The lowest BCUT2D eigenvalue weighted by molar-refractivity contribution is -0.0731. The molecule has 1 heterocycles. The van der Waals surface area contributed by atoms with Crippen LogP contribution in [0.5, 0.6) is 0 Å². The predicted molar refractivity (Wildman–Crippen MR) is 107 cm³/mol. The van der Waals surface area contributed by atoms with E-state index in [-0.39, 0.29) is 23.0 Å². The summed E-state index contributed by atoms with van der Waals surface area (Å²) >= 11 is 0. The Balaban J connectivity index is 1.52. The number of nitrogens with zero attached hydrogens (tertiary/aromatic N) is 1. The van der Waals surface area contributed by atoms with Crippen LogP contribution >= 0.6 is 0 Å². The van der Waals surface area contributed by atoms with Gasteiger partial charge in [-0.25, -0.2) is 0 Å². The van der Waals surface area contributed by atoms with Crippen molar-refractivity contribution in [3.63, 3.8) is 0 Å². The van der Waals surface area contributed by atoms with Gasteiger partial charge in [0.2, 0.25) is 0 Å². The maximum Gasteiger partial charge on any atom is 0.0757 e. The number of fused-ring (bicyclic) bond motifs is 5. The van der Waals surface area contributed by atoms with E-state index in [1.54, 1.807) is 0 Å². The molecule has 4 aliphatic carbocycles. The Morgan fingerprint density at radius 1 is 1.07 bits per heavy atom. The number of allylic oxidation sites excluding steroid dienone is 2. The van der Waals surface area contributed by atoms with Crippen molar-refractivity contribution in [1.29, 1.82) is 0 Å². The van der Waals surface area contributed by atoms with Crippen LogP contribution in [0.2, 0.25) is 0 Å². The normalized spacial score (nSPS) is 46.0. The molecule has 144 valence electrons. The van der Waals surface area contributed by atoms with Gasteiger partial charge in [-0.3, -0.25) is 4.98 Å². The minimum atomic E-state index is -0.380. The Labute approximate surface area is 162 Å². The molecule has 0 aliphatic heterocycles. The number of aliphatic hydroxyl groups excluding tert-OH is 2. The molecule has 0 amide bonds. The second-order valence-electron chi connectivity index (χ2n) is 9.84. The van der Waals surface area contributed by atoms with Gasteiger partial charge in [0, 0.05) is 12.4 Å². The molecule has 0 saturated heterocycles. The first-order valence-electron chi connectivity index (χ1n) is 10.6. The van der Waals surface area contributed by atoms with Gasteiger partial charge in [-0.15, -0.1) is 0 Å². The van der Waals surface area contributed by atoms with E-state index in [4.69, 9.17) is 0 Å². The van der Waals surface area contributed by atoms with Crippen molar-refractivity contribution in [2.45, 2.75) is 64.6 Å². The molecule has 1 aromatic rings. The summed E-state index contributed by atoms with van der Waals surface area (Å²) in [4.78, 5) is 4.34. The number of aromatic nitrogens is 1. The minimum absolute atomic E-state index is 0.126. The van der Waals surface area contributed by atoms with E-state index in [1.807, 2.05) is 18.5 Å². The number of hydrogen-bond acceptors (Lipinski definition) is 3. The number of pyridine rings is 1. The topological polar surface area (TPSA) is 53.4 Å². The summed E-state index contributed by atoms with van der Waals surface area (Å²) in [5.74, 6) is 1.33. The lowest BCUT2D eigenvalue weighted by Gasteiger charge is -2.58. The molecule has 5 rings (SSSR count). The summed E-state index contributed by atoms with van der Waals surface area (Å²) in [6.45, 7) is 4.82. The molecule has 0 bridgehead atoms. The zero-order valence-corrected chi connectivity index (χ0v) is 16.4. The summed E-state index contributed by atoms with van der Waals surface area (Å²) in [6.07, 6.45) is 13.9. The van der Waals surface area contributed by atoms with Crippen LogP contribution in [0.4, 0.5) is 0 Å². The molecule has 0 radical (unpaired) electrons. The fourth-order valence-corrected chi connectivity index (χ4v) is 7.17. The second-order valence-corrected chi connectivity index (χ2v) is 9.84. The number of aliphatic hydroxyl groups is 2. The van der Waals surface area contributed by atoms with Gasteiger partial charge in [-0.05, 0) is 84.3 Å². The van der Waals surface area contributed by atoms with Gasteiger partial charge >= 0.3 is 0 Å². The van der Waals surface area contributed by atoms with Crippen LogP contribution in [0.3, 0.4) is 0 Å². The summed E-state index contributed by atoms with van der Waals surface area (Å²) in [5.41, 5.74) is 4.28. The molecule has 0 aromatic carbocycles. The van der Waals surface area contributed by atoms with Crippen LogP contribution in [0.15, 0.2) is 42.3 Å². The van der Waals surface area contributed by atoms with Crippen LogP contribution in [0, 0.1) is 28.6 Å². The van der Waals surface area contributed by atoms with E-state index >= 15 is 0 Å². The fraction of sp³-hybridized carbons (Fsp3) is 0.625. The van der Waals surface area contributed by atoms with Crippen LogP contribution in [0.25, 0.3) is 5.57 Å².